The van der Waals surface area contributed by atoms with Crippen molar-refractivity contribution in [2.75, 3.05) is 0 Å². The van der Waals surface area contributed by atoms with Gasteiger partial charge in [0.25, 0.3) is 0 Å². The summed E-state index contributed by atoms with van der Waals surface area (Å²) in [5.74, 6) is -0.254. The molecule has 0 unspecified atom stereocenters. The molecule has 1 rings (SSSR count). The largest absolute Gasteiger partial charge is 0.443 e. The standard InChI is InChI=1S/C14H21NO4S/c1-5-11-6-8-12(9-7-11)10-20(17,18)15-13(16)19-14(2,3)4/h6-9H,5,10H2,1-4H3,(H,15,16). The summed E-state index contributed by atoms with van der Waals surface area (Å²) in [6, 6.07) is 7.23. The van der Waals surface area contributed by atoms with E-state index in [1.807, 2.05) is 23.8 Å². The average Bonchev–Trinajstić information content (AvgIpc) is 2.25. The van der Waals surface area contributed by atoms with Gasteiger partial charge in [0.05, 0.1) is 5.75 Å². The lowest BCUT2D eigenvalue weighted by Gasteiger charge is -2.19. The molecule has 0 atom stereocenters. The molecule has 6 heteroatoms. The van der Waals surface area contributed by atoms with E-state index in [9.17, 15) is 13.2 Å². The number of rotatable bonds is 4. The highest BCUT2D eigenvalue weighted by molar-refractivity contribution is 7.89. The van der Waals surface area contributed by atoms with Crippen LogP contribution in [0.4, 0.5) is 4.79 Å². The molecule has 0 radical (unpaired) electrons. The minimum absolute atomic E-state index is 0.254. The minimum Gasteiger partial charge on any atom is -0.443 e. The smallest absolute Gasteiger partial charge is 0.421 e. The highest BCUT2D eigenvalue weighted by Gasteiger charge is 2.21. The van der Waals surface area contributed by atoms with Gasteiger partial charge in [-0.05, 0) is 38.3 Å². The summed E-state index contributed by atoms with van der Waals surface area (Å²) in [5, 5.41) is 0. The minimum atomic E-state index is -3.75. The van der Waals surface area contributed by atoms with Crippen molar-refractivity contribution in [3.05, 3.63) is 35.4 Å². The Bertz CT molecular complexity index is 556. The zero-order valence-electron chi connectivity index (χ0n) is 12.3. The van der Waals surface area contributed by atoms with Crippen LogP contribution < -0.4 is 4.72 Å². The molecular formula is C14H21NO4S. The monoisotopic (exact) mass is 299 g/mol. The summed E-state index contributed by atoms with van der Waals surface area (Å²) in [6.45, 7) is 7.03. The number of benzene rings is 1. The van der Waals surface area contributed by atoms with Crippen LogP contribution in [0.5, 0.6) is 0 Å². The molecule has 0 bridgehead atoms. The first-order valence-corrected chi connectivity index (χ1v) is 8.08. The van der Waals surface area contributed by atoms with Crippen molar-refractivity contribution < 1.29 is 17.9 Å². The summed E-state index contributed by atoms with van der Waals surface area (Å²) in [5.41, 5.74) is 1.02. The van der Waals surface area contributed by atoms with E-state index in [0.29, 0.717) is 5.56 Å². The van der Waals surface area contributed by atoms with Crippen molar-refractivity contribution in [2.45, 2.75) is 45.5 Å². The normalized spacial score (nSPS) is 12.0. The molecule has 1 amide bonds. The van der Waals surface area contributed by atoms with Crippen LogP contribution in [0.3, 0.4) is 0 Å². The lowest BCUT2D eigenvalue weighted by Crippen LogP contribution is -2.36. The van der Waals surface area contributed by atoms with Crippen LogP contribution in [-0.4, -0.2) is 20.1 Å². The molecule has 112 valence electrons. The maximum absolute atomic E-state index is 11.8. The molecule has 0 aliphatic carbocycles. The van der Waals surface area contributed by atoms with E-state index in [-0.39, 0.29) is 5.75 Å². The SMILES string of the molecule is CCc1ccc(CS(=O)(=O)NC(=O)OC(C)(C)C)cc1. The van der Waals surface area contributed by atoms with Crippen LogP contribution in [0, 0.1) is 0 Å². The van der Waals surface area contributed by atoms with E-state index in [0.717, 1.165) is 12.0 Å². The summed E-state index contributed by atoms with van der Waals surface area (Å²) in [7, 11) is -3.75. The Kier molecular flexibility index (Phi) is 5.16. The number of carbonyl (C=O) groups is 1. The zero-order chi connectivity index (χ0) is 15.4. The van der Waals surface area contributed by atoms with Crippen molar-refractivity contribution >= 4 is 16.1 Å². The molecule has 0 spiro atoms. The van der Waals surface area contributed by atoms with E-state index in [1.54, 1.807) is 32.9 Å². The van der Waals surface area contributed by atoms with Gasteiger partial charge in [-0.15, -0.1) is 0 Å². The van der Waals surface area contributed by atoms with Gasteiger partial charge in [-0.1, -0.05) is 31.2 Å². The van der Waals surface area contributed by atoms with Crippen LogP contribution in [0.15, 0.2) is 24.3 Å². The fourth-order valence-electron chi connectivity index (χ4n) is 1.55. The number of carbonyl (C=O) groups excluding carboxylic acids is 1. The highest BCUT2D eigenvalue weighted by atomic mass is 32.2. The third kappa shape index (κ3) is 6.06. The van der Waals surface area contributed by atoms with Gasteiger partial charge in [-0.3, -0.25) is 0 Å². The Morgan fingerprint density at radius 1 is 1.15 bits per heavy atom. The highest BCUT2D eigenvalue weighted by Crippen LogP contribution is 2.10. The fraction of sp³-hybridized carbons (Fsp3) is 0.500. The summed E-state index contributed by atoms with van der Waals surface area (Å²) >= 11 is 0. The first-order valence-electron chi connectivity index (χ1n) is 6.42. The van der Waals surface area contributed by atoms with Crippen molar-refractivity contribution in [3.8, 4) is 0 Å². The van der Waals surface area contributed by atoms with Gasteiger partial charge in [-0.2, -0.15) is 0 Å². The first kappa shape index (κ1) is 16.5. The van der Waals surface area contributed by atoms with E-state index >= 15 is 0 Å². The van der Waals surface area contributed by atoms with Crippen LogP contribution in [0.2, 0.25) is 0 Å². The fourth-order valence-corrected chi connectivity index (χ4v) is 2.55. The van der Waals surface area contributed by atoms with Crippen molar-refractivity contribution in [1.82, 2.24) is 4.72 Å². The van der Waals surface area contributed by atoms with Gasteiger partial charge >= 0.3 is 6.09 Å². The van der Waals surface area contributed by atoms with Crippen LogP contribution >= 0.6 is 0 Å². The second kappa shape index (κ2) is 6.26. The van der Waals surface area contributed by atoms with Crippen LogP contribution in [0.25, 0.3) is 0 Å². The van der Waals surface area contributed by atoms with E-state index in [4.69, 9.17) is 4.74 Å². The molecule has 5 nitrogen and oxygen atoms in total. The van der Waals surface area contributed by atoms with E-state index in [1.165, 1.54) is 0 Å². The number of nitrogens with one attached hydrogen (secondary N) is 1. The second-order valence-electron chi connectivity index (χ2n) is 5.53. The Balaban J connectivity index is 2.67. The zero-order valence-corrected chi connectivity index (χ0v) is 13.1. The summed E-state index contributed by atoms with van der Waals surface area (Å²) in [4.78, 5) is 11.5. The Labute approximate surface area is 120 Å². The molecule has 1 aromatic carbocycles. The third-order valence-electron chi connectivity index (χ3n) is 2.43. The third-order valence-corrected chi connectivity index (χ3v) is 3.62. The average molecular weight is 299 g/mol. The molecule has 0 heterocycles. The molecule has 0 aliphatic heterocycles. The van der Waals surface area contributed by atoms with E-state index in [2.05, 4.69) is 0 Å². The van der Waals surface area contributed by atoms with E-state index < -0.39 is 21.7 Å². The second-order valence-corrected chi connectivity index (χ2v) is 7.26. The molecule has 0 aliphatic rings. The predicted molar refractivity (Wildman–Crippen MR) is 77.8 cm³/mol. The molecule has 0 saturated heterocycles. The molecule has 20 heavy (non-hydrogen) atoms. The number of amides is 1. The number of ether oxygens (including phenoxy) is 1. The van der Waals surface area contributed by atoms with Crippen molar-refractivity contribution in [1.29, 1.82) is 0 Å². The first-order chi connectivity index (χ1) is 9.11. The lowest BCUT2D eigenvalue weighted by atomic mass is 10.1. The van der Waals surface area contributed by atoms with Gasteiger partial charge in [-0.25, -0.2) is 17.9 Å². The number of sulfonamides is 1. The molecule has 1 aromatic rings. The number of hydrogen-bond donors (Lipinski definition) is 1. The lowest BCUT2D eigenvalue weighted by molar-refractivity contribution is 0.0570. The van der Waals surface area contributed by atoms with Crippen LogP contribution in [-0.2, 0) is 26.9 Å². The van der Waals surface area contributed by atoms with Crippen molar-refractivity contribution in [2.24, 2.45) is 0 Å². The maximum Gasteiger partial charge on any atom is 0.421 e. The summed E-state index contributed by atoms with van der Waals surface area (Å²) < 4.78 is 30.5. The molecule has 0 aromatic heterocycles. The Morgan fingerprint density at radius 3 is 2.10 bits per heavy atom. The topological polar surface area (TPSA) is 72.5 Å². The Hall–Kier alpha value is -1.56. The predicted octanol–water partition coefficient (Wildman–Crippen LogP) is 2.60. The van der Waals surface area contributed by atoms with Crippen LogP contribution in [0.1, 0.15) is 38.8 Å². The molecule has 0 saturated carbocycles. The molecule has 1 N–H and O–H groups in total. The number of hydrogen-bond acceptors (Lipinski definition) is 4. The molecule has 0 fully saturated rings. The number of aryl methyl sites for hydroxylation is 1. The van der Waals surface area contributed by atoms with Gasteiger partial charge in [0.1, 0.15) is 5.60 Å². The summed E-state index contributed by atoms with van der Waals surface area (Å²) in [6.07, 6.45) is -0.0638. The van der Waals surface area contributed by atoms with Gasteiger partial charge in [0, 0.05) is 0 Å². The quantitative estimate of drug-likeness (QED) is 0.927. The van der Waals surface area contributed by atoms with Gasteiger partial charge in [0.15, 0.2) is 0 Å². The van der Waals surface area contributed by atoms with Gasteiger partial charge < -0.3 is 4.74 Å². The Morgan fingerprint density at radius 2 is 1.65 bits per heavy atom. The maximum atomic E-state index is 11.8. The molecular weight excluding hydrogens is 278 g/mol. The van der Waals surface area contributed by atoms with Gasteiger partial charge in [0.2, 0.25) is 10.0 Å². The van der Waals surface area contributed by atoms with Crippen molar-refractivity contribution in [3.63, 3.8) is 0 Å².